The Morgan fingerprint density at radius 1 is 1.15 bits per heavy atom. The van der Waals surface area contributed by atoms with Crippen LogP contribution in [0.4, 0.5) is 0 Å². The minimum atomic E-state index is -0.0580. The fourth-order valence-electron chi connectivity index (χ4n) is 3.10. The number of fused-ring (bicyclic) bond motifs is 1. The zero-order valence-electron chi connectivity index (χ0n) is 14.3. The molecule has 0 unspecified atom stereocenters. The van der Waals surface area contributed by atoms with Crippen LogP contribution in [0.1, 0.15) is 11.3 Å². The molecule has 0 atom stereocenters. The molecular weight excluding hydrogens is 328 g/mol. The Kier molecular flexibility index (Phi) is 4.23. The molecule has 6 nitrogen and oxygen atoms in total. The monoisotopic (exact) mass is 346 g/mol. The molecule has 1 N–H and O–H groups in total. The largest absolute Gasteiger partial charge is 0.463 e. The van der Waals surface area contributed by atoms with Gasteiger partial charge < -0.3 is 14.3 Å². The van der Waals surface area contributed by atoms with E-state index in [2.05, 4.69) is 15.3 Å². The smallest absolute Gasteiger partial charge is 0.224 e. The molecule has 0 saturated heterocycles. The van der Waals surface area contributed by atoms with Gasteiger partial charge >= 0.3 is 0 Å². The second kappa shape index (κ2) is 6.84. The molecule has 0 spiro atoms. The number of furan rings is 1. The normalized spacial score (nSPS) is 11.0. The van der Waals surface area contributed by atoms with Crippen LogP contribution in [0.3, 0.4) is 0 Å². The summed E-state index contributed by atoms with van der Waals surface area (Å²) in [5.41, 5.74) is 3.44. The average Bonchev–Trinajstić information content (AvgIpc) is 3.30. The Morgan fingerprint density at radius 3 is 2.85 bits per heavy atom. The predicted octanol–water partition coefficient (Wildman–Crippen LogP) is 3.09. The minimum absolute atomic E-state index is 0.0580. The molecule has 0 radical (unpaired) electrons. The van der Waals surface area contributed by atoms with Crippen LogP contribution in [-0.2, 0) is 24.8 Å². The van der Waals surface area contributed by atoms with Crippen LogP contribution in [0.15, 0.2) is 65.7 Å². The van der Waals surface area contributed by atoms with Gasteiger partial charge in [-0.1, -0.05) is 18.2 Å². The lowest BCUT2D eigenvalue weighted by atomic mass is 10.1. The molecule has 4 aromatic rings. The quantitative estimate of drug-likeness (QED) is 0.603. The Morgan fingerprint density at radius 2 is 2.00 bits per heavy atom. The molecule has 0 aliphatic rings. The molecule has 4 rings (SSSR count). The van der Waals surface area contributed by atoms with Gasteiger partial charge in [0.15, 0.2) is 5.76 Å². The van der Waals surface area contributed by atoms with E-state index in [1.54, 1.807) is 24.7 Å². The van der Waals surface area contributed by atoms with E-state index in [1.165, 1.54) is 0 Å². The van der Waals surface area contributed by atoms with Gasteiger partial charge in [-0.15, -0.1) is 0 Å². The van der Waals surface area contributed by atoms with E-state index < -0.39 is 0 Å². The first-order chi connectivity index (χ1) is 12.7. The van der Waals surface area contributed by atoms with Crippen molar-refractivity contribution in [3.05, 3.63) is 72.5 Å². The van der Waals surface area contributed by atoms with Gasteiger partial charge in [0.1, 0.15) is 5.69 Å². The SMILES string of the molecule is Cn1cc(CC(=O)NCc2nccnc2-c2ccco2)c2ccccc21. The molecule has 26 heavy (non-hydrogen) atoms. The van der Waals surface area contributed by atoms with E-state index in [0.717, 1.165) is 16.5 Å². The van der Waals surface area contributed by atoms with Crippen LogP contribution in [0.2, 0.25) is 0 Å². The Bertz CT molecular complexity index is 1050. The van der Waals surface area contributed by atoms with E-state index in [9.17, 15) is 4.79 Å². The first kappa shape index (κ1) is 16.1. The van der Waals surface area contributed by atoms with Crippen LogP contribution in [0, 0.1) is 0 Å². The topological polar surface area (TPSA) is 73.0 Å². The highest BCUT2D eigenvalue weighted by molar-refractivity contribution is 5.89. The highest BCUT2D eigenvalue weighted by atomic mass is 16.3. The number of nitrogens with zero attached hydrogens (tertiary/aromatic N) is 3. The van der Waals surface area contributed by atoms with Crippen LogP contribution >= 0.6 is 0 Å². The number of para-hydroxylation sites is 1. The first-order valence-corrected chi connectivity index (χ1v) is 8.36. The summed E-state index contributed by atoms with van der Waals surface area (Å²) in [6.07, 6.45) is 7.13. The highest BCUT2D eigenvalue weighted by Gasteiger charge is 2.13. The molecule has 0 saturated carbocycles. The molecule has 0 fully saturated rings. The summed E-state index contributed by atoms with van der Waals surface area (Å²) >= 11 is 0. The Balaban J connectivity index is 1.48. The van der Waals surface area contributed by atoms with Crippen molar-refractivity contribution in [2.24, 2.45) is 7.05 Å². The molecule has 6 heteroatoms. The van der Waals surface area contributed by atoms with Gasteiger partial charge in [0.2, 0.25) is 5.91 Å². The van der Waals surface area contributed by atoms with Crippen molar-refractivity contribution in [1.29, 1.82) is 0 Å². The van der Waals surface area contributed by atoms with Gasteiger partial charge in [-0.3, -0.25) is 9.78 Å². The number of rotatable bonds is 5. The number of amides is 1. The van der Waals surface area contributed by atoms with Crippen molar-refractivity contribution in [3.8, 4) is 11.5 Å². The van der Waals surface area contributed by atoms with Crippen molar-refractivity contribution < 1.29 is 9.21 Å². The number of hydrogen-bond donors (Lipinski definition) is 1. The summed E-state index contributed by atoms with van der Waals surface area (Å²) in [6.45, 7) is 0.299. The Hall–Kier alpha value is -3.41. The summed E-state index contributed by atoms with van der Waals surface area (Å²) < 4.78 is 7.43. The lowest BCUT2D eigenvalue weighted by molar-refractivity contribution is -0.120. The van der Waals surface area contributed by atoms with Gasteiger partial charge in [0.25, 0.3) is 0 Å². The number of benzene rings is 1. The third-order valence-electron chi connectivity index (χ3n) is 4.31. The van der Waals surface area contributed by atoms with E-state index in [4.69, 9.17) is 4.42 Å². The first-order valence-electron chi connectivity index (χ1n) is 8.36. The van der Waals surface area contributed by atoms with Crippen LogP contribution in [0.25, 0.3) is 22.4 Å². The van der Waals surface area contributed by atoms with E-state index in [-0.39, 0.29) is 5.91 Å². The third-order valence-corrected chi connectivity index (χ3v) is 4.31. The second-order valence-electron chi connectivity index (χ2n) is 6.06. The lowest BCUT2D eigenvalue weighted by Gasteiger charge is -2.07. The predicted molar refractivity (Wildman–Crippen MR) is 98.2 cm³/mol. The highest BCUT2D eigenvalue weighted by Crippen LogP contribution is 2.21. The fourth-order valence-corrected chi connectivity index (χ4v) is 3.10. The molecule has 1 aromatic carbocycles. The van der Waals surface area contributed by atoms with Gasteiger partial charge in [-0.05, 0) is 23.8 Å². The summed E-state index contributed by atoms with van der Waals surface area (Å²) in [5, 5.41) is 4.03. The van der Waals surface area contributed by atoms with E-state index >= 15 is 0 Å². The molecule has 0 aliphatic heterocycles. The maximum absolute atomic E-state index is 12.4. The second-order valence-corrected chi connectivity index (χ2v) is 6.06. The molecule has 0 aliphatic carbocycles. The van der Waals surface area contributed by atoms with Gasteiger partial charge in [-0.25, -0.2) is 4.98 Å². The van der Waals surface area contributed by atoms with E-state index in [1.807, 2.05) is 48.1 Å². The summed E-state index contributed by atoms with van der Waals surface area (Å²) in [7, 11) is 1.99. The summed E-state index contributed by atoms with van der Waals surface area (Å²) in [6, 6.07) is 11.7. The van der Waals surface area contributed by atoms with Crippen molar-refractivity contribution in [1.82, 2.24) is 19.9 Å². The number of hydrogen-bond acceptors (Lipinski definition) is 4. The number of aryl methyl sites for hydroxylation is 1. The zero-order valence-corrected chi connectivity index (χ0v) is 14.3. The number of aromatic nitrogens is 3. The van der Waals surface area contributed by atoms with Crippen molar-refractivity contribution in [3.63, 3.8) is 0 Å². The maximum Gasteiger partial charge on any atom is 0.224 e. The van der Waals surface area contributed by atoms with Crippen LogP contribution in [-0.4, -0.2) is 20.4 Å². The fraction of sp³-hybridized carbons (Fsp3) is 0.150. The third kappa shape index (κ3) is 3.09. The van der Waals surface area contributed by atoms with Gasteiger partial charge in [-0.2, -0.15) is 0 Å². The molecule has 3 aromatic heterocycles. The average molecular weight is 346 g/mol. The van der Waals surface area contributed by atoms with Crippen molar-refractivity contribution in [2.75, 3.05) is 0 Å². The molecule has 1 amide bonds. The summed E-state index contributed by atoms with van der Waals surface area (Å²) in [5.74, 6) is 0.578. The van der Waals surface area contributed by atoms with Crippen molar-refractivity contribution >= 4 is 16.8 Å². The number of nitrogens with one attached hydrogen (secondary N) is 1. The van der Waals surface area contributed by atoms with Crippen LogP contribution < -0.4 is 5.32 Å². The Labute approximate surface area is 150 Å². The van der Waals surface area contributed by atoms with Crippen LogP contribution in [0.5, 0.6) is 0 Å². The molecule has 130 valence electrons. The molecule has 3 heterocycles. The van der Waals surface area contributed by atoms with Crippen molar-refractivity contribution in [2.45, 2.75) is 13.0 Å². The minimum Gasteiger partial charge on any atom is -0.463 e. The van der Waals surface area contributed by atoms with Gasteiger partial charge in [0.05, 0.1) is 24.9 Å². The standard InChI is InChI=1S/C20H18N4O2/c1-24-13-14(15-5-2-3-6-17(15)24)11-19(25)23-12-16-20(22-9-8-21-16)18-7-4-10-26-18/h2-10,13H,11-12H2,1H3,(H,23,25). The van der Waals surface area contributed by atoms with E-state index in [0.29, 0.717) is 30.1 Å². The zero-order chi connectivity index (χ0) is 17.9. The van der Waals surface area contributed by atoms with Gasteiger partial charge in [0, 0.05) is 36.5 Å². The maximum atomic E-state index is 12.4. The number of carbonyl (C=O) groups is 1. The lowest BCUT2D eigenvalue weighted by Crippen LogP contribution is -2.25. The molecule has 0 bridgehead atoms. The summed E-state index contributed by atoms with van der Waals surface area (Å²) in [4.78, 5) is 21.1. The number of carbonyl (C=O) groups excluding carboxylic acids is 1. The molecular formula is C20H18N4O2.